The van der Waals surface area contributed by atoms with E-state index in [1.165, 1.54) is 29.2 Å². The van der Waals surface area contributed by atoms with Crippen molar-refractivity contribution in [2.24, 2.45) is 0 Å². The van der Waals surface area contributed by atoms with E-state index in [9.17, 15) is 14.5 Å². The lowest BCUT2D eigenvalue weighted by molar-refractivity contribution is -0.396. The molecule has 35 heavy (non-hydrogen) atoms. The first kappa shape index (κ1) is 24.1. The molecule has 2 aromatic heterocycles. The average Bonchev–Trinajstić information content (AvgIpc) is 3.32. The van der Waals surface area contributed by atoms with E-state index in [2.05, 4.69) is 20.3 Å². The summed E-state index contributed by atoms with van der Waals surface area (Å²) < 4.78 is 26.5. The molecule has 12 heteroatoms. The normalized spacial score (nSPS) is 10.9. The Balaban J connectivity index is 1.41. The molecule has 4 aromatic rings. The number of anilines is 2. The molecule has 0 saturated heterocycles. The van der Waals surface area contributed by atoms with Crippen molar-refractivity contribution in [1.29, 1.82) is 0 Å². The van der Waals surface area contributed by atoms with Gasteiger partial charge in [-0.3, -0.25) is 0 Å². The second-order valence-electron chi connectivity index (χ2n) is 7.58. The number of aromatic nitrogens is 4. The van der Waals surface area contributed by atoms with Gasteiger partial charge >= 0.3 is 5.95 Å². The van der Waals surface area contributed by atoms with Gasteiger partial charge in [-0.25, -0.2) is 18.9 Å². The molecule has 0 atom stereocenters. The monoisotopic (exact) mass is 500 g/mol. The van der Waals surface area contributed by atoms with Crippen molar-refractivity contribution in [3.8, 4) is 11.5 Å². The number of hydrogen-bond acceptors (Lipinski definition) is 8. The van der Waals surface area contributed by atoms with E-state index in [4.69, 9.17) is 21.1 Å². The summed E-state index contributed by atoms with van der Waals surface area (Å²) in [5.41, 5.74) is 1.22. The summed E-state index contributed by atoms with van der Waals surface area (Å²) in [7, 11) is 1.55. The van der Waals surface area contributed by atoms with Crippen molar-refractivity contribution >= 4 is 40.0 Å². The highest BCUT2D eigenvalue weighted by Gasteiger charge is 2.14. The lowest BCUT2D eigenvalue weighted by Gasteiger charge is -2.14. The summed E-state index contributed by atoms with van der Waals surface area (Å²) in [6, 6.07) is 7.86. The first-order valence-corrected chi connectivity index (χ1v) is 11.2. The van der Waals surface area contributed by atoms with Crippen LogP contribution in [0, 0.1) is 15.9 Å². The number of nitrogens with one attached hydrogen (secondary N) is 1. The van der Waals surface area contributed by atoms with Gasteiger partial charge in [-0.05, 0) is 48.5 Å². The predicted molar refractivity (Wildman–Crippen MR) is 129 cm³/mol. The highest BCUT2D eigenvalue weighted by Crippen LogP contribution is 2.35. The van der Waals surface area contributed by atoms with Gasteiger partial charge in [-0.2, -0.15) is 0 Å². The number of rotatable bonds is 11. The minimum atomic E-state index is -0.506. The van der Waals surface area contributed by atoms with Crippen LogP contribution in [0.3, 0.4) is 0 Å². The van der Waals surface area contributed by atoms with Crippen molar-refractivity contribution in [3.63, 3.8) is 0 Å². The summed E-state index contributed by atoms with van der Waals surface area (Å²) in [5.74, 6) is 0.901. The number of nitro groups is 1. The molecule has 10 nitrogen and oxygen atoms in total. The van der Waals surface area contributed by atoms with E-state index < -0.39 is 10.7 Å². The third-order valence-electron chi connectivity index (χ3n) is 5.26. The number of halogens is 2. The van der Waals surface area contributed by atoms with Crippen molar-refractivity contribution in [1.82, 2.24) is 19.5 Å². The van der Waals surface area contributed by atoms with Crippen LogP contribution in [0.5, 0.6) is 11.5 Å². The molecule has 1 N–H and O–H groups in total. The van der Waals surface area contributed by atoms with Gasteiger partial charge in [0, 0.05) is 17.1 Å². The molecule has 0 fully saturated rings. The smallest absolute Gasteiger partial charge is 0.434 e. The van der Waals surface area contributed by atoms with Crippen LogP contribution < -0.4 is 14.8 Å². The molecular formula is C23H22ClFN6O4. The predicted octanol–water partition coefficient (Wildman–Crippen LogP) is 5.53. The standard InChI is InChI=1S/C23H22ClFN6O4/c1-34-20-13-19-16(22(28-14-27-19)29-15-5-6-18(25)17(24)11-15)12-21(20)35-10-4-2-3-8-30-9-7-26-23(30)31(32)33/h5-7,9,11-14H,2-4,8,10H2,1H3,(H,27,28,29). The van der Waals surface area contributed by atoms with Gasteiger partial charge in [-0.1, -0.05) is 16.6 Å². The molecule has 0 spiro atoms. The van der Waals surface area contributed by atoms with E-state index in [1.807, 2.05) is 0 Å². The summed E-state index contributed by atoms with van der Waals surface area (Å²) in [6.07, 6.45) is 6.74. The van der Waals surface area contributed by atoms with Crippen LogP contribution in [0.2, 0.25) is 5.02 Å². The minimum absolute atomic E-state index is 0.00157. The molecule has 0 unspecified atom stereocenters. The van der Waals surface area contributed by atoms with E-state index >= 15 is 0 Å². The quantitative estimate of drug-likeness (QED) is 0.162. The summed E-state index contributed by atoms with van der Waals surface area (Å²) in [4.78, 5) is 22.8. The molecule has 182 valence electrons. The zero-order valence-corrected chi connectivity index (χ0v) is 19.5. The number of methoxy groups -OCH3 is 1. The molecule has 0 aliphatic carbocycles. The Morgan fingerprint density at radius 1 is 1.14 bits per heavy atom. The Labute approximate surface area is 204 Å². The molecule has 0 aliphatic rings. The number of nitrogens with zero attached hydrogens (tertiary/aromatic N) is 5. The highest BCUT2D eigenvalue weighted by atomic mass is 35.5. The number of fused-ring (bicyclic) bond motifs is 1. The van der Waals surface area contributed by atoms with E-state index in [1.54, 1.807) is 31.5 Å². The number of ether oxygens (including phenoxy) is 2. The topological polar surface area (TPSA) is 117 Å². The van der Waals surface area contributed by atoms with E-state index in [-0.39, 0.29) is 11.0 Å². The first-order chi connectivity index (χ1) is 17.0. The van der Waals surface area contributed by atoms with Crippen molar-refractivity contribution in [3.05, 3.63) is 70.0 Å². The summed E-state index contributed by atoms with van der Waals surface area (Å²) in [5, 5.41) is 14.8. The largest absolute Gasteiger partial charge is 0.493 e. The highest BCUT2D eigenvalue weighted by molar-refractivity contribution is 6.31. The lowest BCUT2D eigenvalue weighted by atomic mass is 10.2. The van der Waals surface area contributed by atoms with Crippen molar-refractivity contribution in [2.75, 3.05) is 19.0 Å². The van der Waals surface area contributed by atoms with Crippen LogP contribution in [0.25, 0.3) is 10.9 Å². The fraction of sp³-hybridized carbons (Fsp3) is 0.261. The number of unbranched alkanes of at least 4 members (excludes halogenated alkanes) is 2. The van der Waals surface area contributed by atoms with Gasteiger partial charge in [0.15, 0.2) is 11.5 Å². The van der Waals surface area contributed by atoms with Crippen molar-refractivity contribution in [2.45, 2.75) is 25.8 Å². The Bertz CT molecular complexity index is 1350. The first-order valence-electron chi connectivity index (χ1n) is 10.8. The van der Waals surface area contributed by atoms with Gasteiger partial charge in [-0.15, -0.1) is 0 Å². The SMILES string of the molecule is COc1cc2ncnc(Nc3ccc(F)c(Cl)c3)c2cc1OCCCCCn1ccnc1[N+](=O)[O-]. The Hall–Kier alpha value is -3.99. The molecule has 2 heterocycles. The Kier molecular flexibility index (Phi) is 7.56. The number of hydrogen-bond donors (Lipinski definition) is 1. The van der Waals surface area contributed by atoms with Gasteiger partial charge in [0.2, 0.25) is 0 Å². The summed E-state index contributed by atoms with van der Waals surface area (Å²) >= 11 is 5.89. The van der Waals surface area contributed by atoms with Crippen LogP contribution in [0.1, 0.15) is 19.3 Å². The van der Waals surface area contributed by atoms with Gasteiger partial charge < -0.3 is 24.9 Å². The molecule has 0 amide bonds. The minimum Gasteiger partial charge on any atom is -0.493 e. The second kappa shape index (κ2) is 11.0. The fourth-order valence-electron chi connectivity index (χ4n) is 3.54. The van der Waals surface area contributed by atoms with Crippen LogP contribution in [-0.4, -0.2) is 38.2 Å². The van der Waals surface area contributed by atoms with Crippen LogP contribution in [-0.2, 0) is 6.54 Å². The maximum Gasteiger partial charge on any atom is 0.434 e. The maximum absolute atomic E-state index is 13.5. The molecule has 0 bridgehead atoms. The van der Waals surface area contributed by atoms with Crippen LogP contribution in [0.15, 0.2) is 49.1 Å². The van der Waals surface area contributed by atoms with Crippen LogP contribution in [0.4, 0.5) is 21.8 Å². The second-order valence-corrected chi connectivity index (χ2v) is 7.99. The number of imidazole rings is 1. The maximum atomic E-state index is 13.5. The lowest BCUT2D eigenvalue weighted by Crippen LogP contribution is -2.04. The van der Waals surface area contributed by atoms with Gasteiger partial charge in [0.25, 0.3) is 0 Å². The fourth-order valence-corrected chi connectivity index (χ4v) is 3.72. The number of aryl methyl sites for hydroxylation is 1. The number of benzene rings is 2. The molecule has 4 rings (SSSR count). The Morgan fingerprint density at radius 3 is 2.77 bits per heavy atom. The van der Waals surface area contributed by atoms with Gasteiger partial charge in [0.05, 0.1) is 30.8 Å². The molecule has 0 saturated carbocycles. The molecular weight excluding hydrogens is 479 g/mol. The third kappa shape index (κ3) is 5.75. The van der Waals surface area contributed by atoms with Crippen LogP contribution >= 0.6 is 11.6 Å². The molecule has 0 aliphatic heterocycles. The zero-order chi connectivity index (χ0) is 24.8. The third-order valence-corrected chi connectivity index (χ3v) is 5.55. The van der Waals surface area contributed by atoms with Gasteiger partial charge in [0.1, 0.15) is 30.4 Å². The Morgan fingerprint density at radius 2 is 2.00 bits per heavy atom. The molecule has 0 radical (unpaired) electrons. The summed E-state index contributed by atoms with van der Waals surface area (Å²) in [6.45, 7) is 0.938. The molecule has 2 aromatic carbocycles. The van der Waals surface area contributed by atoms with Crippen molar-refractivity contribution < 1.29 is 18.8 Å². The van der Waals surface area contributed by atoms with E-state index in [0.717, 1.165) is 19.3 Å². The average molecular weight is 501 g/mol. The van der Waals surface area contributed by atoms with E-state index in [0.29, 0.717) is 47.1 Å². The zero-order valence-electron chi connectivity index (χ0n) is 18.8.